The number of fused-ring (bicyclic) bond motifs is 7. The van der Waals surface area contributed by atoms with Gasteiger partial charge in [0.1, 0.15) is 6.10 Å². The summed E-state index contributed by atoms with van der Waals surface area (Å²) in [5.74, 6) is 6.14. The first kappa shape index (κ1) is 20.4. The molecule has 0 aromatic carbocycles. The Morgan fingerprint density at radius 2 is 1.86 bits per heavy atom. The Hall–Kier alpha value is -0.500. The fourth-order valence-corrected chi connectivity index (χ4v) is 9.35. The molecule has 0 spiro atoms. The van der Waals surface area contributed by atoms with Crippen molar-refractivity contribution in [2.24, 2.45) is 46.3 Å². The van der Waals surface area contributed by atoms with E-state index in [1.807, 2.05) is 0 Å². The third-order valence-electron chi connectivity index (χ3n) is 11.0. The minimum atomic E-state index is 0.293. The highest BCUT2D eigenvalue weighted by atomic mass is 16.5. The lowest BCUT2D eigenvalue weighted by atomic mass is 9.44. The number of aliphatic hydroxyl groups excluding tert-OH is 1. The van der Waals surface area contributed by atoms with E-state index in [-0.39, 0.29) is 0 Å². The molecule has 29 heavy (non-hydrogen) atoms. The number of hydrogen-bond acceptors (Lipinski definition) is 2. The summed E-state index contributed by atoms with van der Waals surface area (Å²) in [6, 6.07) is 0. The molecule has 4 saturated carbocycles. The Bertz CT molecular complexity index is 667. The average molecular weight is 401 g/mol. The van der Waals surface area contributed by atoms with E-state index >= 15 is 0 Å². The third-order valence-corrected chi connectivity index (χ3v) is 11.0. The second-order valence-corrected chi connectivity index (χ2v) is 12.2. The van der Waals surface area contributed by atoms with Crippen LogP contribution in [0.3, 0.4) is 0 Å². The smallest absolute Gasteiger partial charge is 0.106 e. The van der Waals surface area contributed by atoms with E-state index in [2.05, 4.69) is 27.7 Å². The molecule has 4 fully saturated rings. The highest BCUT2D eigenvalue weighted by Crippen LogP contribution is 2.69. The SMILES string of the molecule is CC1=C(CC[C@@H](C)CO)O[C@H]2C[C@H]3[C@@H]4CC[C@H]5CCCC[C@]5(C)[C@H]4CC[C@]3(C)[C@@H]12. The lowest BCUT2D eigenvalue weighted by Crippen LogP contribution is -2.52. The van der Waals surface area contributed by atoms with Crippen LogP contribution in [0.4, 0.5) is 0 Å². The number of ether oxygens (including phenoxy) is 1. The van der Waals surface area contributed by atoms with Crippen LogP contribution in [-0.4, -0.2) is 17.8 Å². The largest absolute Gasteiger partial charge is 0.494 e. The van der Waals surface area contributed by atoms with Gasteiger partial charge in [0.15, 0.2) is 0 Å². The predicted molar refractivity (Wildman–Crippen MR) is 118 cm³/mol. The molecule has 0 radical (unpaired) electrons. The van der Waals surface area contributed by atoms with Gasteiger partial charge in [-0.1, -0.05) is 33.6 Å². The molecule has 9 atom stereocenters. The number of aliphatic hydroxyl groups is 1. The monoisotopic (exact) mass is 400 g/mol. The Kier molecular flexibility index (Phi) is 5.12. The minimum Gasteiger partial charge on any atom is -0.494 e. The second kappa shape index (κ2) is 7.28. The Morgan fingerprint density at radius 1 is 1.03 bits per heavy atom. The summed E-state index contributed by atoms with van der Waals surface area (Å²) in [5.41, 5.74) is 2.66. The maximum Gasteiger partial charge on any atom is 0.106 e. The van der Waals surface area contributed by atoms with Gasteiger partial charge in [-0.05, 0) is 104 Å². The van der Waals surface area contributed by atoms with Crippen LogP contribution in [0.5, 0.6) is 0 Å². The molecule has 164 valence electrons. The van der Waals surface area contributed by atoms with E-state index in [0.717, 1.165) is 36.5 Å². The number of allylic oxidation sites excluding steroid dienone is 1. The van der Waals surface area contributed by atoms with Crippen molar-refractivity contribution in [2.75, 3.05) is 6.61 Å². The normalized spacial score (nSPS) is 49.7. The maximum atomic E-state index is 9.39. The van der Waals surface area contributed by atoms with Crippen molar-refractivity contribution in [1.29, 1.82) is 0 Å². The fraction of sp³-hybridized carbons (Fsp3) is 0.926. The molecule has 0 bridgehead atoms. The minimum absolute atomic E-state index is 0.293. The van der Waals surface area contributed by atoms with E-state index in [1.54, 1.807) is 5.57 Å². The van der Waals surface area contributed by atoms with Crippen molar-refractivity contribution in [3.63, 3.8) is 0 Å². The van der Waals surface area contributed by atoms with Crippen molar-refractivity contribution >= 4 is 0 Å². The average Bonchev–Trinajstić information content (AvgIpc) is 3.19. The molecular formula is C27H44O2. The summed E-state index contributed by atoms with van der Waals surface area (Å²) >= 11 is 0. The fourth-order valence-electron chi connectivity index (χ4n) is 9.35. The molecule has 1 N–H and O–H groups in total. The molecule has 1 heterocycles. The zero-order chi connectivity index (χ0) is 20.4. The quantitative estimate of drug-likeness (QED) is 0.567. The van der Waals surface area contributed by atoms with E-state index in [1.165, 1.54) is 63.5 Å². The van der Waals surface area contributed by atoms with Gasteiger partial charge in [-0.25, -0.2) is 0 Å². The highest BCUT2D eigenvalue weighted by Gasteiger charge is 2.64. The van der Waals surface area contributed by atoms with Gasteiger partial charge in [0.25, 0.3) is 0 Å². The van der Waals surface area contributed by atoms with Gasteiger partial charge in [0.05, 0.1) is 5.76 Å². The van der Waals surface area contributed by atoms with Gasteiger partial charge in [-0.2, -0.15) is 0 Å². The summed E-state index contributed by atoms with van der Waals surface area (Å²) < 4.78 is 6.66. The summed E-state index contributed by atoms with van der Waals surface area (Å²) in [6.45, 7) is 10.1. The van der Waals surface area contributed by atoms with E-state index in [4.69, 9.17) is 4.74 Å². The zero-order valence-electron chi connectivity index (χ0n) is 19.4. The van der Waals surface area contributed by atoms with Crippen LogP contribution in [-0.2, 0) is 4.74 Å². The second-order valence-electron chi connectivity index (χ2n) is 12.2. The molecular weight excluding hydrogens is 356 g/mol. The topological polar surface area (TPSA) is 29.5 Å². The van der Waals surface area contributed by atoms with Crippen molar-refractivity contribution in [3.05, 3.63) is 11.3 Å². The number of rotatable bonds is 4. The lowest BCUT2D eigenvalue weighted by molar-refractivity contribution is -0.108. The van der Waals surface area contributed by atoms with Crippen LogP contribution in [0.25, 0.3) is 0 Å². The van der Waals surface area contributed by atoms with Crippen molar-refractivity contribution in [2.45, 2.75) is 104 Å². The van der Waals surface area contributed by atoms with Crippen LogP contribution < -0.4 is 0 Å². The summed E-state index contributed by atoms with van der Waals surface area (Å²) in [4.78, 5) is 0. The first-order valence-electron chi connectivity index (χ1n) is 12.9. The molecule has 5 aliphatic rings. The molecule has 0 unspecified atom stereocenters. The summed E-state index contributed by atoms with van der Waals surface area (Å²) in [6.07, 6.45) is 15.7. The highest BCUT2D eigenvalue weighted by molar-refractivity contribution is 5.26. The third kappa shape index (κ3) is 2.98. The maximum absolute atomic E-state index is 9.39. The van der Waals surface area contributed by atoms with Gasteiger partial charge in [-0.15, -0.1) is 0 Å². The predicted octanol–water partition coefficient (Wildman–Crippen LogP) is 6.73. The van der Waals surface area contributed by atoms with Crippen LogP contribution >= 0.6 is 0 Å². The van der Waals surface area contributed by atoms with Crippen LogP contribution in [0.15, 0.2) is 11.3 Å². The lowest BCUT2D eigenvalue weighted by Gasteiger charge is -2.60. The molecule has 1 aliphatic heterocycles. The first-order valence-corrected chi connectivity index (χ1v) is 12.9. The van der Waals surface area contributed by atoms with Crippen molar-refractivity contribution in [1.82, 2.24) is 0 Å². The van der Waals surface area contributed by atoms with Crippen molar-refractivity contribution in [3.8, 4) is 0 Å². The Balaban J connectivity index is 1.37. The van der Waals surface area contributed by atoms with Gasteiger partial charge in [0.2, 0.25) is 0 Å². The zero-order valence-corrected chi connectivity index (χ0v) is 19.4. The molecule has 0 saturated heterocycles. The molecule has 4 aliphatic carbocycles. The van der Waals surface area contributed by atoms with Gasteiger partial charge in [0, 0.05) is 18.9 Å². The Morgan fingerprint density at radius 3 is 2.66 bits per heavy atom. The molecule has 0 amide bonds. The van der Waals surface area contributed by atoms with Crippen LogP contribution in [0.1, 0.15) is 98.3 Å². The molecule has 2 nitrogen and oxygen atoms in total. The molecule has 0 aromatic rings. The van der Waals surface area contributed by atoms with Crippen LogP contribution in [0, 0.1) is 46.3 Å². The van der Waals surface area contributed by atoms with Crippen LogP contribution in [0.2, 0.25) is 0 Å². The van der Waals surface area contributed by atoms with Crippen molar-refractivity contribution < 1.29 is 9.84 Å². The van der Waals surface area contributed by atoms with E-state index in [0.29, 0.717) is 35.4 Å². The van der Waals surface area contributed by atoms with Gasteiger partial charge >= 0.3 is 0 Å². The van der Waals surface area contributed by atoms with E-state index in [9.17, 15) is 5.11 Å². The summed E-state index contributed by atoms with van der Waals surface area (Å²) in [5, 5.41) is 9.39. The molecule has 5 rings (SSSR count). The first-order chi connectivity index (χ1) is 13.9. The number of hydrogen-bond donors (Lipinski definition) is 1. The van der Waals surface area contributed by atoms with Gasteiger partial charge in [-0.3, -0.25) is 0 Å². The molecule has 0 aromatic heterocycles. The molecule has 2 heteroatoms. The van der Waals surface area contributed by atoms with Gasteiger partial charge < -0.3 is 9.84 Å². The standard InChI is InChI=1S/C27H44O2/c1-17(16-28)8-11-23-18(2)25-24(29-23)15-22-20-10-9-19-7-5-6-13-26(19,3)21(20)12-14-27(22,25)4/h17,19-22,24-25,28H,5-16H2,1-4H3/t17-,19-,20-,21+,22+,24+,25+,26+,27+/m1/s1. The summed E-state index contributed by atoms with van der Waals surface area (Å²) in [7, 11) is 0. The van der Waals surface area contributed by atoms with E-state index < -0.39 is 0 Å². The Labute approximate surface area is 178 Å².